The number of rotatable bonds is 3. The Morgan fingerprint density at radius 1 is 1.10 bits per heavy atom. The van der Waals surface area contributed by atoms with Crippen LogP contribution in [0.15, 0.2) is 42.5 Å². The van der Waals surface area contributed by atoms with Gasteiger partial charge in [-0.2, -0.15) is 0 Å². The second kappa shape index (κ2) is 6.16. The summed E-state index contributed by atoms with van der Waals surface area (Å²) in [5, 5.41) is 15.8. The number of aliphatic hydroxyl groups is 1. The first-order valence-electron chi connectivity index (χ1n) is 6.31. The Balaban J connectivity index is 2.07. The summed E-state index contributed by atoms with van der Waals surface area (Å²) in [7, 11) is 0. The standard InChI is InChI=1S/C15H16N2O3/c1-10(9-18)16-14(19)15(20)17-13-7-6-11-4-2-3-5-12(11)8-13/h2-8,10,18H,9H2,1H3,(H,16,19)(H,17,20). The molecule has 0 spiro atoms. The van der Waals surface area contributed by atoms with E-state index >= 15 is 0 Å². The highest BCUT2D eigenvalue weighted by molar-refractivity contribution is 6.39. The summed E-state index contributed by atoms with van der Waals surface area (Å²) < 4.78 is 0. The molecule has 0 radical (unpaired) electrons. The number of carbonyl (C=O) groups is 2. The van der Waals surface area contributed by atoms with Crippen LogP contribution in [-0.2, 0) is 9.59 Å². The third kappa shape index (κ3) is 3.33. The van der Waals surface area contributed by atoms with Gasteiger partial charge in [0.25, 0.3) is 0 Å². The molecule has 0 aliphatic carbocycles. The zero-order valence-corrected chi connectivity index (χ0v) is 11.1. The van der Waals surface area contributed by atoms with Gasteiger partial charge in [0.15, 0.2) is 0 Å². The Morgan fingerprint density at radius 3 is 2.50 bits per heavy atom. The predicted molar refractivity (Wildman–Crippen MR) is 77.3 cm³/mol. The molecule has 5 nitrogen and oxygen atoms in total. The van der Waals surface area contributed by atoms with Crippen LogP contribution in [0.1, 0.15) is 6.92 Å². The van der Waals surface area contributed by atoms with Gasteiger partial charge in [-0.1, -0.05) is 30.3 Å². The van der Waals surface area contributed by atoms with E-state index in [4.69, 9.17) is 5.11 Å². The van der Waals surface area contributed by atoms with Crippen LogP contribution in [0.2, 0.25) is 0 Å². The molecule has 3 N–H and O–H groups in total. The van der Waals surface area contributed by atoms with Gasteiger partial charge in [-0.05, 0) is 29.8 Å². The van der Waals surface area contributed by atoms with Crippen molar-refractivity contribution >= 4 is 28.3 Å². The highest BCUT2D eigenvalue weighted by Gasteiger charge is 2.15. The molecule has 2 rings (SSSR count). The second-order valence-corrected chi connectivity index (χ2v) is 4.57. The topological polar surface area (TPSA) is 78.4 Å². The molecule has 0 saturated carbocycles. The van der Waals surface area contributed by atoms with E-state index in [0.717, 1.165) is 10.8 Å². The van der Waals surface area contributed by atoms with Crippen molar-refractivity contribution in [2.75, 3.05) is 11.9 Å². The molecule has 5 heteroatoms. The van der Waals surface area contributed by atoms with Gasteiger partial charge in [0.2, 0.25) is 0 Å². The summed E-state index contributed by atoms with van der Waals surface area (Å²) in [5.74, 6) is -1.51. The minimum atomic E-state index is -0.764. The molecule has 0 fully saturated rings. The summed E-state index contributed by atoms with van der Waals surface area (Å²) in [6, 6.07) is 12.7. The Hall–Kier alpha value is -2.40. The third-order valence-electron chi connectivity index (χ3n) is 2.86. The van der Waals surface area contributed by atoms with E-state index in [1.165, 1.54) is 0 Å². The van der Waals surface area contributed by atoms with E-state index in [1.54, 1.807) is 19.1 Å². The van der Waals surface area contributed by atoms with Gasteiger partial charge in [0.1, 0.15) is 0 Å². The van der Waals surface area contributed by atoms with Gasteiger partial charge in [-0.15, -0.1) is 0 Å². The fourth-order valence-corrected chi connectivity index (χ4v) is 1.79. The molecule has 0 aliphatic heterocycles. The number of nitrogens with one attached hydrogen (secondary N) is 2. The lowest BCUT2D eigenvalue weighted by molar-refractivity contribution is -0.136. The Kier molecular flexibility index (Phi) is 4.32. The van der Waals surface area contributed by atoms with Crippen molar-refractivity contribution in [1.29, 1.82) is 0 Å². The van der Waals surface area contributed by atoms with Gasteiger partial charge in [0.05, 0.1) is 6.61 Å². The highest BCUT2D eigenvalue weighted by Crippen LogP contribution is 2.18. The molecule has 0 aromatic heterocycles. The van der Waals surface area contributed by atoms with Gasteiger partial charge in [-0.3, -0.25) is 9.59 Å². The molecule has 1 unspecified atom stereocenters. The van der Waals surface area contributed by atoms with Gasteiger partial charge in [0, 0.05) is 11.7 Å². The molecule has 2 aromatic carbocycles. The second-order valence-electron chi connectivity index (χ2n) is 4.57. The first kappa shape index (κ1) is 14.0. The largest absolute Gasteiger partial charge is 0.394 e. The summed E-state index contributed by atoms with van der Waals surface area (Å²) >= 11 is 0. The van der Waals surface area contributed by atoms with Crippen LogP contribution in [0.25, 0.3) is 10.8 Å². The average Bonchev–Trinajstić information content (AvgIpc) is 2.46. The van der Waals surface area contributed by atoms with Crippen molar-refractivity contribution in [3.8, 4) is 0 Å². The van der Waals surface area contributed by atoms with Gasteiger partial charge in [-0.25, -0.2) is 0 Å². The van der Waals surface area contributed by atoms with Crippen molar-refractivity contribution in [2.24, 2.45) is 0 Å². The zero-order valence-electron chi connectivity index (χ0n) is 11.1. The van der Waals surface area contributed by atoms with Crippen LogP contribution < -0.4 is 10.6 Å². The number of fused-ring (bicyclic) bond motifs is 1. The molecular formula is C15H16N2O3. The number of carbonyl (C=O) groups excluding carboxylic acids is 2. The molecule has 2 aromatic rings. The number of hydrogen-bond acceptors (Lipinski definition) is 3. The number of hydrogen-bond donors (Lipinski definition) is 3. The van der Waals surface area contributed by atoms with E-state index in [0.29, 0.717) is 5.69 Å². The molecule has 0 bridgehead atoms. The quantitative estimate of drug-likeness (QED) is 0.736. The molecule has 0 aliphatic rings. The number of amides is 2. The Labute approximate surface area is 116 Å². The van der Waals surface area contributed by atoms with Crippen LogP contribution in [-0.4, -0.2) is 29.6 Å². The predicted octanol–water partition coefficient (Wildman–Crippen LogP) is 1.28. The first-order chi connectivity index (χ1) is 9.60. The number of anilines is 1. The first-order valence-corrected chi connectivity index (χ1v) is 6.31. The normalized spacial score (nSPS) is 11.9. The van der Waals surface area contributed by atoms with Crippen molar-refractivity contribution in [1.82, 2.24) is 5.32 Å². The summed E-state index contributed by atoms with van der Waals surface area (Å²) in [6.07, 6.45) is 0. The molecule has 2 amide bonds. The van der Waals surface area contributed by atoms with Crippen molar-refractivity contribution in [2.45, 2.75) is 13.0 Å². The van der Waals surface area contributed by atoms with Crippen LogP contribution in [0.4, 0.5) is 5.69 Å². The SMILES string of the molecule is CC(CO)NC(=O)C(=O)Nc1ccc2ccccc2c1. The van der Waals surface area contributed by atoms with Gasteiger partial charge >= 0.3 is 11.8 Å². The van der Waals surface area contributed by atoms with E-state index in [-0.39, 0.29) is 6.61 Å². The maximum absolute atomic E-state index is 11.7. The fraction of sp³-hybridized carbons (Fsp3) is 0.200. The third-order valence-corrected chi connectivity index (χ3v) is 2.86. The molecule has 0 saturated heterocycles. The smallest absolute Gasteiger partial charge is 0.313 e. The Bertz CT molecular complexity index is 640. The van der Waals surface area contributed by atoms with Crippen LogP contribution >= 0.6 is 0 Å². The lowest BCUT2D eigenvalue weighted by atomic mass is 10.1. The lowest BCUT2D eigenvalue weighted by Crippen LogP contribution is -2.42. The van der Waals surface area contributed by atoms with E-state index in [2.05, 4.69) is 10.6 Å². The van der Waals surface area contributed by atoms with Crippen molar-refractivity contribution < 1.29 is 14.7 Å². The highest BCUT2D eigenvalue weighted by atomic mass is 16.3. The fourth-order valence-electron chi connectivity index (χ4n) is 1.79. The van der Waals surface area contributed by atoms with Crippen LogP contribution in [0.5, 0.6) is 0 Å². The van der Waals surface area contributed by atoms with Gasteiger partial charge < -0.3 is 15.7 Å². The zero-order chi connectivity index (χ0) is 14.5. The number of aliphatic hydroxyl groups excluding tert-OH is 1. The van der Waals surface area contributed by atoms with Crippen molar-refractivity contribution in [3.05, 3.63) is 42.5 Å². The molecular weight excluding hydrogens is 256 g/mol. The maximum Gasteiger partial charge on any atom is 0.313 e. The molecule has 1 atom stereocenters. The molecule has 0 heterocycles. The molecule has 104 valence electrons. The summed E-state index contributed by atoms with van der Waals surface area (Å²) in [4.78, 5) is 23.2. The summed E-state index contributed by atoms with van der Waals surface area (Å²) in [6.45, 7) is 1.40. The van der Waals surface area contributed by atoms with Crippen LogP contribution in [0.3, 0.4) is 0 Å². The Morgan fingerprint density at radius 2 is 1.80 bits per heavy atom. The molecule has 20 heavy (non-hydrogen) atoms. The van der Waals surface area contributed by atoms with E-state index in [1.807, 2.05) is 30.3 Å². The van der Waals surface area contributed by atoms with E-state index < -0.39 is 17.9 Å². The maximum atomic E-state index is 11.7. The monoisotopic (exact) mass is 272 g/mol. The lowest BCUT2D eigenvalue weighted by Gasteiger charge is -2.11. The minimum absolute atomic E-state index is 0.213. The van der Waals surface area contributed by atoms with E-state index in [9.17, 15) is 9.59 Å². The summed E-state index contributed by atoms with van der Waals surface area (Å²) in [5.41, 5.74) is 0.556. The van der Waals surface area contributed by atoms with Crippen LogP contribution in [0, 0.1) is 0 Å². The number of benzene rings is 2. The minimum Gasteiger partial charge on any atom is -0.394 e. The van der Waals surface area contributed by atoms with Crippen molar-refractivity contribution in [3.63, 3.8) is 0 Å². The average molecular weight is 272 g/mol.